The minimum absolute atomic E-state index is 0. The van der Waals surface area contributed by atoms with Crippen molar-refractivity contribution in [3.63, 3.8) is 0 Å². The maximum Gasteiger partial charge on any atom is 0.275 e. The standard InChI is InChI=1S/C16H17N5O2S.ClH/c1-3-13-20-16(23-21-13)10-5-4-9(2)11(6-10)19-15(22)12-8-24-14(7-17)18-12;/h4-6,8H,3,7,17H2,1-2H3,(H,19,22);1H. The Morgan fingerprint density at radius 2 is 2.16 bits per heavy atom. The Morgan fingerprint density at radius 3 is 2.80 bits per heavy atom. The molecule has 3 aromatic rings. The van der Waals surface area contributed by atoms with Crippen LogP contribution in [-0.4, -0.2) is 21.0 Å². The van der Waals surface area contributed by atoms with Crippen molar-refractivity contribution in [3.8, 4) is 11.5 Å². The fourth-order valence-corrected chi connectivity index (χ4v) is 2.75. The third-order valence-electron chi connectivity index (χ3n) is 3.48. The molecule has 25 heavy (non-hydrogen) atoms. The third-order valence-corrected chi connectivity index (χ3v) is 4.35. The molecule has 0 aliphatic rings. The highest BCUT2D eigenvalue weighted by atomic mass is 35.5. The predicted octanol–water partition coefficient (Wildman–Crippen LogP) is 3.20. The summed E-state index contributed by atoms with van der Waals surface area (Å²) >= 11 is 1.37. The van der Waals surface area contributed by atoms with Crippen molar-refractivity contribution in [3.05, 3.63) is 45.7 Å². The van der Waals surface area contributed by atoms with Gasteiger partial charge in [0.2, 0.25) is 0 Å². The van der Waals surface area contributed by atoms with Crippen LogP contribution >= 0.6 is 23.7 Å². The van der Waals surface area contributed by atoms with Crippen LogP contribution in [0.1, 0.15) is 33.8 Å². The second-order valence-corrected chi connectivity index (χ2v) is 6.13. The van der Waals surface area contributed by atoms with E-state index in [-0.39, 0.29) is 18.3 Å². The van der Waals surface area contributed by atoms with Gasteiger partial charge in [-0.15, -0.1) is 23.7 Å². The molecule has 0 unspecified atom stereocenters. The van der Waals surface area contributed by atoms with Gasteiger partial charge in [0.15, 0.2) is 5.82 Å². The molecule has 0 saturated heterocycles. The van der Waals surface area contributed by atoms with Gasteiger partial charge >= 0.3 is 0 Å². The van der Waals surface area contributed by atoms with Crippen LogP contribution in [0.4, 0.5) is 5.69 Å². The summed E-state index contributed by atoms with van der Waals surface area (Å²) in [4.78, 5) is 20.8. The molecule has 3 N–H and O–H groups in total. The Morgan fingerprint density at radius 1 is 1.36 bits per heavy atom. The van der Waals surface area contributed by atoms with Gasteiger partial charge < -0.3 is 15.6 Å². The van der Waals surface area contributed by atoms with Crippen LogP contribution in [0.15, 0.2) is 28.1 Å². The molecule has 0 radical (unpaired) electrons. The highest BCUT2D eigenvalue weighted by molar-refractivity contribution is 7.09. The molecule has 1 amide bonds. The average Bonchev–Trinajstić information content (AvgIpc) is 3.25. The number of halogens is 1. The van der Waals surface area contributed by atoms with E-state index in [0.29, 0.717) is 36.1 Å². The number of rotatable bonds is 5. The van der Waals surface area contributed by atoms with Crippen LogP contribution < -0.4 is 11.1 Å². The summed E-state index contributed by atoms with van der Waals surface area (Å²) in [5.41, 5.74) is 8.25. The molecule has 7 nitrogen and oxygen atoms in total. The van der Waals surface area contributed by atoms with E-state index < -0.39 is 0 Å². The minimum atomic E-state index is -0.272. The number of aromatic nitrogens is 3. The van der Waals surface area contributed by atoms with Crippen LogP contribution in [0.3, 0.4) is 0 Å². The normalized spacial score (nSPS) is 10.4. The smallest absolute Gasteiger partial charge is 0.275 e. The highest BCUT2D eigenvalue weighted by Crippen LogP contribution is 2.25. The van der Waals surface area contributed by atoms with Crippen LogP contribution in [0.5, 0.6) is 0 Å². The molecule has 3 rings (SSSR count). The van der Waals surface area contributed by atoms with E-state index >= 15 is 0 Å². The number of aryl methyl sites for hydroxylation is 2. The number of thiazole rings is 1. The SMILES string of the molecule is CCc1noc(-c2ccc(C)c(NC(=O)c3csc(CN)n3)c2)n1.Cl. The summed E-state index contributed by atoms with van der Waals surface area (Å²) in [7, 11) is 0. The van der Waals surface area contributed by atoms with Crippen LogP contribution in [0.25, 0.3) is 11.5 Å². The number of amides is 1. The van der Waals surface area contributed by atoms with Gasteiger partial charge in [-0.3, -0.25) is 4.79 Å². The first kappa shape index (κ1) is 19.0. The van der Waals surface area contributed by atoms with Gasteiger partial charge in [-0.1, -0.05) is 18.1 Å². The van der Waals surface area contributed by atoms with Crippen molar-refractivity contribution < 1.29 is 9.32 Å². The summed E-state index contributed by atoms with van der Waals surface area (Å²) in [5, 5.41) is 9.18. The fourth-order valence-electron chi connectivity index (χ4n) is 2.10. The van der Waals surface area contributed by atoms with E-state index in [1.165, 1.54) is 11.3 Å². The topological polar surface area (TPSA) is 107 Å². The molecule has 9 heteroatoms. The summed E-state index contributed by atoms with van der Waals surface area (Å²) in [6.07, 6.45) is 0.701. The van der Waals surface area contributed by atoms with Gasteiger partial charge in [0.25, 0.3) is 11.8 Å². The number of nitrogens with zero attached hydrogens (tertiary/aromatic N) is 3. The van der Waals surface area contributed by atoms with Crippen molar-refractivity contribution in [1.29, 1.82) is 0 Å². The molecule has 132 valence electrons. The second kappa shape index (κ2) is 8.19. The number of carbonyl (C=O) groups is 1. The summed E-state index contributed by atoms with van der Waals surface area (Å²) in [6, 6.07) is 5.59. The number of hydrogen-bond acceptors (Lipinski definition) is 7. The van der Waals surface area contributed by atoms with Gasteiger partial charge in [-0.25, -0.2) is 4.98 Å². The van der Waals surface area contributed by atoms with Crippen LogP contribution in [0.2, 0.25) is 0 Å². The van der Waals surface area contributed by atoms with Gasteiger partial charge in [-0.2, -0.15) is 4.98 Å². The quantitative estimate of drug-likeness (QED) is 0.704. The Balaban J connectivity index is 0.00000225. The van der Waals surface area contributed by atoms with Crippen molar-refractivity contribution in [2.45, 2.75) is 26.8 Å². The molecule has 0 fully saturated rings. The number of carbonyl (C=O) groups excluding carboxylic acids is 1. The Bertz CT molecular complexity index is 877. The first-order valence-corrected chi connectivity index (χ1v) is 8.38. The number of nitrogens with one attached hydrogen (secondary N) is 1. The number of benzene rings is 1. The second-order valence-electron chi connectivity index (χ2n) is 5.18. The maximum atomic E-state index is 12.3. The van der Waals surface area contributed by atoms with Gasteiger partial charge in [0, 0.05) is 29.6 Å². The molecular weight excluding hydrogens is 362 g/mol. The Labute approximate surface area is 155 Å². The lowest BCUT2D eigenvalue weighted by atomic mass is 10.1. The number of hydrogen-bond donors (Lipinski definition) is 2. The van der Waals surface area contributed by atoms with Gasteiger partial charge in [0.05, 0.1) is 0 Å². The van der Waals surface area contributed by atoms with Crippen molar-refractivity contribution in [1.82, 2.24) is 15.1 Å². The number of nitrogens with two attached hydrogens (primary N) is 1. The lowest BCUT2D eigenvalue weighted by Crippen LogP contribution is -2.13. The lowest BCUT2D eigenvalue weighted by molar-refractivity contribution is 0.102. The van der Waals surface area contributed by atoms with Crippen molar-refractivity contribution >= 4 is 35.3 Å². The van der Waals surface area contributed by atoms with E-state index in [0.717, 1.165) is 16.1 Å². The summed E-state index contributed by atoms with van der Waals surface area (Å²) < 4.78 is 5.25. The van der Waals surface area contributed by atoms with E-state index in [2.05, 4.69) is 20.4 Å². The maximum absolute atomic E-state index is 12.3. The largest absolute Gasteiger partial charge is 0.334 e. The minimum Gasteiger partial charge on any atom is -0.334 e. The summed E-state index contributed by atoms with van der Waals surface area (Å²) in [6.45, 7) is 4.19. The van der Waals surface area contributed by atoms with E-state index in [4.69, 9.17) is 10.3 Å². The zero-order valence-electron chi connectivity index (χ0n) is 13.8. The molecule has 0 aliphatic carbocycles. The molecule has 2 aromatic heterocycles. The van der Waals surface area contributed by atoms with E-state index in [1.807, 2.05) is 32.0 Å². The molecule has 0 saturated carbocycles. The predicted molar refractivity (Wildman–Crippen MR) is 99.1 cm³/mol. The summed E-state index contributed by atoms with van der Waals surface area (Å²) in [5.74, 6) is 0.806. The molecule has 0 atom stereocenters. The van der Waals surface area contributed by atoms with Crippen molar-refractivity contribution in [2.75, 3.05) is 5.32 Å². The van der Waals surface area contributed by atoms with Crippen LogP contribution in [0, 0.1) is 6.92 Å². The first-order valence-electron chi connectivity index (χ1n) is 7.50. The molecule has 2 heterocycles. The average molecular weight is 380 g/mol. The van der Waals surface area contributed by atoms with E-state index in [1.54, 1.807) is 5.38 Å². The molecular formula is C16H18ClN5O2S. The van der Waals surface area contributed by atoms with Gasteiger partial charge in [0.1, 0.15) is 10.7 Å². The van der Waals surface area contributed by atoms with E-state index in [9.17, 15) is 4.79 Å². The Kier molecular flexibility index (Phi) is 6.24. The molecule has 0 bridgehead atoms. The monoisotopic (exact) mass is 379 g/mol. The van der Waals surface area contributed by atoms with Crippen LogP contribution in [-0.2, 0) is 13.0 Å². The first-order chi connectivity index (χ1) is 11.6. The van der Waals surface area contributed by atoms with Crippen molar-refractivity contribution in [2.24, 2.45) is 5.73 Å². The zero-order valence-corrected chi connectivity index (χ0v) is 15.4. The lowest BCUT2D eigenvalue weighted by Gasteiger charge is -2.08. The highest BCUT2D eigenvalue weighted by Gasteiger charge is 2.14. The molecule has 1 aromatic carbocycles. The molecule has 0 aliphatic heterocycles. The van der Waals surface area contributed by atoms with Gasteiger partial charge in [-0.05, 0) is 24.6 Å². The fraction of sp³-hybridized carbons (Fsp3) is 0.250. The zero-order chi connectivity index (χ0) is 17.1. The molecule has 0 spiro atoms. The third kappa shape index (κ3) is 4.22. The Hall–Kier alpha value is -2.29. The number of anilines is 1.